The first kappa shape index (κ1) is 35.1. The topological polar surface area (TPSA) is 139 Å². The predicted molar refractivity (Wildman–Crippen MR) is 194 cm³/mol. The molecule has 0 radical (unpaired) electrons. The first-order valence-corrected chi connectivity index (χ1v) is 18.2. The molecule has 53 heavy (non-hydrogen) atoms. The second-order valence-electron chi connectivity index (χ2n) is 13.0. The fourth-order valence-corrected chi connectivity index (χ4v) is 9.42. The summed E-state index contributed by atoms with van der Waals surface area (Å²) in [4.78, 5) is 17.0. The zero-order valence-corrected chi connectivity index (χ0v) is 30.0. The molecule has 0 amide bonds. The minimum atomic E-state index is -2.99. The molecule has 0 unspecified atom stereocenters. The molecule has 3 aliphatic rings. The number of nitrogen functional groups attached to an aromatic ring is 2. The summed E-state index contributed by atoms with van der Waals surface area (Å²) in [5.41, 5.74) is 11.8. The standard InChI is InChI=1S/C36H28BrF5N8O2S/c37-27-25(19-4-5-21(39)31-24(19)20(14-43)33(45)53-31)28(42)29-26-30(27)51-12-11-50(22(6-7-23(40)41)18-3-1-9-46-32(18)44)34(26)48-35(47-29)52-16-36-8-2-10-49(36)15-17(38)13-36/h1,3-5,9,17,22-23H,2,8,10-13,15-16,45H2,(H2,44,46)/t17-,22-,36+/m1/s1. The Bertz CT molecular complexity index is 2420. The molecule has 3 aliphatic heterocycles. The van der Waals surface area contributed by atoms with Crippen LogP contribution in [0.4, 0.5) is 38.6 Å². The van der Waals surface area contributed by atoms with E-state index in [0.29, 0.717) is 18.5 Å². The second kappa shape index (κ2) is 13.5. The molecule has 0 bridgehead atoms. The third-order valence-corrected chi connectivity index (χ3v) is 11.8. The Balaban J connectivity index is 1.38. The summed E-state index contributed by atoms with van der Waals surface area (Å²) in [5, 5.41) is 10.2. The molecular formula is C36H28BrF5N8O2S. The molecular weight excluding hydrogens is 783 g/mol. The van der Waals surface area contributed by atoms with Gasteiger partial charge in [0.1, 0.15) is 65.2 Å². The van der Waals surface area contributed by atoms with Crippen molar-refractivity contribution in [2.24, 2.45) is 0 Å². The summed E-state index contributed by atoms with van der Waals surface area (Å²) in [6.45, 7) is 0.920. The van der Waals surface area contributed by atoms with E-state index in [0.717, 1.165) is 23.8 Å². The van der Waals surface area contributed by atoms with Crippen molar-refractivity contribution >= 4 is 64.9 Å². The van der Waals surface area contributed by atoms with E-state index in [-0.39, 0.29) is 103 Å². The van der Waals surface area contributed by atoms with Gasteiger partial charge in [0, 0.05) is 35.7 Å². The number of alkyl halides is 3. The number of fused-ring (bicyclic) bond motifs is 2. The van der Waals surface area contributed by atoms with E-state index in [2.05, 4.69) is 31.8 Å². The van der Waals surface area contributed by atoms with Crippen LogP contribution in [0.15, 0.2) is 34.9 Å². The van der Waals surface area contributed by atoms with Gasteiger partial charge in [0.25, 0.3) is 6.43 Å². The number of thiophene rings is 1. The van der Waals surface area contributed by atoms with E-state index >= 15 is 8.78 Å². The third-order valence-electron chi connectivity index (χ3n) is 10.0. The smallest absolute Gasteiger partial charge is 0.319 e. The van der Waals surface area contributed by atoms with Crippen molar-refractivity contribution in [3.8, 4) is 40.8 Å². The summed E-state index contributed by atoms with van der Waals surface area (Å²) in [7, 11) is 0. The number of nitrogens with two attached hydrogens (primary N) is 2. The van der Waals surface area contributed by atoms with Gasteiger partial charge in [-0.15, -0.1) is 11.3 Å². The molecule has 0 aliphatic carbocycles. The fourth-order valence-electron chi connectivity index (χ4n) is 7.77. The Morgan fingerprint density at radius 3 is 2.75 bits per heavy atom. The number of nitrogens with zero attached hydrogens (tertiary/aromatic N) is 6. The molecule has 6 heterocycles. The summed E-state index contributed by atoms with van der Waals surface area (Å²) < 4.78 is 87.1. The van der Waals surface area contributed by atoms with Crippen LogP contribution in [0, 0.1) is 34.8 Å². The zero-order valence-electron chi connectivity index (χ0n) is 27.6. The summed E-state index contributed by atoms with van der Waals surface area (Å²) in [6.07, 6.45) is -0.796. The molecule has 2 aromatic carbocycles. The van der Waals surface area contributed by atoms with Crippen LogP contribution in [0.25, 0.3) is 32.1 Å². The molecule has 272 valence electrons. The van der Waals surface area contributed by atoms with Crippen LogP contribution in [0.1, 0.15) is 36.4 Å². The van der Waals surface area contributed by atoms with Gasteiger partial charge in [-0.2, -0.15) is 24.0 Å². The normalized spacial score (nSPS) is 20.2. The van der Waals surface area contributed by atoms with E-state index < -0.39 is 35.8 Å². The van der Waals surface area contributed by atoms with Crippen LogP contribution in [-0.2, 0) is 0 Å². The van der Waals surface area contributed by atoms with Gasteiger partial charge in [-0.1, -0.05) is 18.1 Å². The monoisotopic (exact) mass is 810 g/mol. The molecule has 2 saturated heterocycles. The highest BCUT2D eigenvalue weighted by atomic mass is 79.9. The van der Waals surface area contributed by atoms with Crippen molar-refractivity contribution in [3.63, 3.8) is 0 Å². The van der Waals surface area contributed by atoms with Crippen molar-refractivity contribution < 1.29 is 31.4 Å². The average molecular weight is 812 g/mol. The van der Waals surface area contributed by atoms with Crippen LogP contribution in [0.5, 0.6) is 11.8 Å². The van der Waals surface area contributed by atoms with Gasteiger partial charge < -0.3 is 25.8 Å². The van der Waals surface area contributed by atoms with E-state index in [9.17, 15) is 18.4 Å². The maximum Gasteiger partial charge on any atom is 0.319 e. The number of benzene rings is 2. The Morgan fingerprint density at radius 1 is 1.15 bits per heavy atom. The molecule has 17 heteroatoms. The quantitative estimate of drug-likeness (QED) is 0.134. The summed E-state index contributed by atoms with van der Waals surface area (Å²) in [6, 6.07) is 6.26. The number of ether oxygens (including phenoxy) is 2. The molecule has 2 fully saturated rings. The van der Waals surface area contributed by atoms with Gasteiger partial charge in [-0.05, 0) is 58.9 Å². The van der Waals surface area contributed by atoms with E-state index in [4.69, 9.17) is 25.9 Å². The molecule has 5 aromatic rings. The van der Waals surface area contributed by atoms with Crippen LogP contribution in [0.2, 0.25) is 0 Å². The van der Waals surface area contributed by atoms with Gasteiger partial charge in [0.2, 0.25) is 0 Å². The third kappa shape index (κ3) is 5.82. The lowest BCUT2D eigenvalue weighted by molar-refractivity contribution is 0.107. The van der Waals surface area contributed by atoms with Gasteiger partial charge in [-0.25, -0.2) is 18.2 Å². The Hall–Kier alpha value is -4.97. The van der Waals surface area contributed by atoms with E-state index in [1.54, 1.807) is 17.0 Å². The van der Waals surface area contributed by atoms with Crippen molar-refractivity contribution in [2.45, 2.75) is 43.4 Å². The van der Waals surface area contributed by atoms with Crippen LogP contribution in [-0.4, -0.2) is 70.8 Å². The van der Waals surface area contributed by atoms with Crippen molar-refractivity contribution in [1.29, 1.82) is 5.26 Å². The molecule has 8 rings (SSSR count). The molecule has 0 saturated carbocycles. The first-order valence-electron chi connectivity index (χ1n) is 16.6. The lowest BCUT2D eigenvalue weighted by Gasteiger charge is -2.31. The van der Waals surface area contributed by atoms with E-state index in [1.165, 1.54) is 12.3 Å². The highest BCUT2D eigenvalue weighted by molar-refractivity contribution is 9.10. The molecule has 0 spiro atoms. The Kier molecular flexibility index (Phi) is 8.91. The summed E-state index contributed by atoms with van der Waals surface area (Å²) >= 11 is 4.40. The second-order valence-corrected chi connectivity index (χ2v) is 14.9. The number of nitriles is 1. The Labute approximate surface area is 311 Å². The maximum atomic E-state index is 17.4. The minimum absolute atomic E-state index is 0.00221. The van der Waals surface area contributed by atoms with Crippen molar-refractivity contribution in [3.05, 3.63) is 57.7 Å². The number of halogens is 6. The largest absolute Gasteiger partial charge is 0.490 e. The summed E-state index contributed by atoms with van der Waals surface area (Å²) in [5.74, 6) is 3.14. The fraction of sp³-hybridized carbons (Fsp3) is 0.333. The average Bonchev–Trinajstić information content (AvgIpc) is 3.73. The van der Waals surface area contributed by atoms with Gasteiger partial charge in [0.15, 0.2) is 5.82 Å². The van der Waals surface area contributed by atoms with Gasteiger partial charge in [0.05, 0.1) is 32.2 Å². The van der Waals surface area contributed by atoms with Gasteiger partial charge >= 0.3 is 6.01 Å². The predicted octanol–water partition coefficient (Wildman–Crippen LogP) is 7.15. The number of hydrogen-bond acceptors (Lipinski definition) is 11. The highest BCUT2D eigenvalue weighted by Gasteiger charge is 2.49. The number of aromatic nitrogens is 3. The number of pyridine rings is 1. The van der Waals surface area contributed by atoms with E-state index in [1.807, 2.05) is 16.9 Å². The van der Waals surface area contributed by atoms with Crippen molar-refractivity contribution in [2.75, 3.05) is 49.2 Å². The first-order chi connectivity index (χ1) is 25.5. The molecule has 4 N–H and O–H groups in total. The lowest BCUT2D eigenvalue weighted by atomic mass is 9.95. The molecule has 3 aromatic heterocycles. The maximum absolute atomic E-state index is 17.4. The van der Waals surface area contributed by atoms with Gasteiger partial charge in [-0.3, -0.25) is 4.90 Å². The zero-order chi connectivity index (χ0) is 37.2. The van der Waals surface area contributed by atoms with Crippen LogP contribution < -0.4 is 25.8 Å². The molecule has 3 atom stereocenters. The number of anilines is 3. The minimum Gasteiger partial charge on any atom is -0.490 e. The van der Waals surface area contributed by atoms with Crippen molar-refractivity contribution in [1.82, 2.24) is 19.9 Å². The SMILES string of the molecule is N#Cc1c(N)sc2c(F)ccc(-c3c(Br)c4c5c(nc(OC[C@@]67CCCN6C[C@H](F)C7)nc5c3F)N([C@H](C#CC(F)F)c3cccnc3N)CCO4)c12. The lowest BCUT2D eigenvalue weighted by Crippen LogP contribution is -2.43. The van der Waals surface area contributed by atoms with Crippen LogP contribution >= 0.6 is 27.3 Å². The highest BCUT2D eigenvalue weighted by Crippen LogP contribution is 2.51. The molecule has 10 nitrogen and oxygen atoms in total. The number of rotatable bonds is 6. The van der Waals surface area contributed by atoms with Crippen LogP contribution in [0.3, 0.4) is 0 Å². The Morgan fingerprint density at radius 2 is 1.98 bits per heavy atom. The number of hydrogen-bond donors (Lipinski definition) is 2.